The molecule has 8 heteroatoms. The molecule has 6 nitrogen and oxygen atoms in total. The number of nitrogens with one attached hydrogen (secondary N) is 2. The number of rotatable bonds is 5. The second kappa shape index (κ2) is 6.61. The summed E-state index contributed by atoms with van der Waals surface area (Å²) < 4.78 is 26.7. The van der Waals surface area contributed by atoms with Gasteiger partial charge in [0.1, 0.15) is 5.84 Å². The first-order valence-corrected chi connectivity index (χ1v) is 10.1. The summed E-state index contributed by atoms with van der Waals surface area (Å²) in [6.45, 7) is 4.76. The molecular formula is C17H19N3O3S2. The average molecular weight is 377 g/mol. The zero-order chi connectivity index (χ0) is 18.1. The van der Waals surface area contributed by atoms with Crippen LogP contribution in [0.5, 0.6) is 0 Å². The monoisotopic (exact) mass is 377 g/mol. The Morgan fingerprint density at radius 3 is 2.72 bits per heavy atom. The van der Waals surface area contributed by atoms with E-state index in [0.717, 1.165) is 0 Å². The highest BCUT2D eigenvalue weighted by atomic mass is 32.2. The maximum Gasteiger partial charge on any atom is 0.263 e. The van der Waals surface area contributed by atoms with Gasteiger partial charge in [0, 0.05) is 24.1 Å². The molecular weight excluding hydrogens is 358 g/mol. The Morgan fingerprint density at radius 1 is 1.24 bits per heavy atom. The van der Waals surface area contributed by atoms with Gasteiger partial charge in [-0.1, -0.05) is 32.0 Å². The molecule has 0 saturated carbocycles. The number of nitrogens with zero attached hydrogens (tertiary/aromatic N) is 1. The Morgan fingerprint density at radius 2 is 2.00 bits per heavy atom. The Bertz CT molecular complexity index is 916. The Hall–Kier alpha value is -2.19. The summed E-state index contributed by atoms with van der Waals surface area (Å²) in [5.41, 5.74) is 0.268. The van der Waals surface area contributed by atoms with Gasteiger partial charge < -0.3 is 5.32 Å². The molecule has 1 aromatic heterocycles. The number of benzene rings is 1. The van der Waals surface area contributed by atoms with Gasteiger partial charge in [-0.05, 0) is 23.6 Å². The van der Waals surface area contributed by atoms with Crippen molar-refractivity contribution in [1.82, 2.24) is 10.0 Å². The van der Waals surface area contributed by atoms with E-state index in [2.05, 4.69) is 15.0 Å². The molecule has 0 fully saturated rings. The van der Waals surface area contributed by atoms with E-state index in [-0.39, 0.29) is 16.2 Å². The molecule has 2 N–H and O–H groups in total. The molecule has 132 valence electrons. The van der Waals surface area contributed by atoms with Crippen LogP contribution in [0.25, 0.3) is 0 Å². The highest BCUT2D eigenvalue weighted by Crippen LogP contribution is 2.23. The summed E-state index contributed by atoms with van der Waals surface area (Å²) in [6.07, 6.45) is 0. The third-order valence-corrected chi connectivity index (χ3v) is 6.07. The van der Waals surface area contributed by atoms with Crippen molar-refractivity contribution < 1.29 is 13.2 Å². The molecule has 0 unspecified atom stereocenters. The van der Waals surface area contributed by atoms with Crippen LogP contribution < -0.4 is 10.0 Å². The van der Waals surface area contributed by atoms with Crippen molar-refractivity contribution in [3.05, 3.63) is 52.2 Å². The van der Waals surface area contributed by atoms with E-state index in [1.807, 2.05) is 25.3 Å². The third kappa shape index (κ3) is 3.91. The van der Waals surface area contributed by atoms with Crippen LogP contribution in [0.3, 0.4) is 0 Å². The first-order valence-electron chi connectivity index (χ1n) is 7.77. The fourth-order valence-electron chi connectivity index (χ4n) is 2.41. The van der Waals surface area contributed by atoms with Crippen molar-refractivity contribution in [2.24, 2.45) is 10.4 Å². The number of carbonyl (C=O) groups is 1. The van der Waals surface area contributed by atoms with Gasteiger partial charge in [0.15, 0.2) is 0 Å². The van der Waals surface area contributed by atoms with Gasteiger partial charge in [-0.25, -0.2) is 8.42 Å². The molecule has 1 aromatic carbocycles. The van der Waals surface area contributed by atoms with E-state index >= 15 is 0 Å². The van der Waals surface area contributed by atoms with E-state index in [0.29, 0.717) is 29.4 Å². The number of thiophene rings is 1. The number of amidine groups is 1. The topological polar surface area (TPSA) is 87.6 Å². The van der Waals surface area contributed by atoms with E-state index in [4.69, 9.17) is 0 Å². The predicted molar refractivity (Wildman–Crippen MR) is 98.6 cm³/mol. The van der Waals surface area contributed by atoms with Crippen LogP contribution in [0.4, 0.5) is 0 Å². The van der Waals surface area contributed by atoms with Crippen LogP contribution in [0, 0.1) is 5.41 Å². The van der Waals surface area contributed by atoms with Crippen molar-refractivity contribution >= 4 is 33.1 Å². The molecule has 1 aliphatic heterocycles. The lowest BCUT2D eigenvalue weighted by Crippen LogP contribution is -2.36. The van der Waals surface area contributed by atoms with Crippen molar-refractivity contribution in [3.63, 3.8) is 0 Å². The first kappa shape index (κ1) is 17.6. The molecule has 1 amide bonds. The molecule has 0 radical (unpaired) electrons. The summed E-state index contributed by atoms with van der Waals surface area (Å²) in [5, 5.41) is 4.76. The van der Waals surface area contributed by atoms with E-state index in [1.54, 1.807) is 30.3 Å². The van der Waals surface area contributed by atoms with Crippen molar-refractivity contribution in [1.29, 1.82) is 0 Å². The minimum Gasteiger partial charge on any atom is -0.351 e. The van der Waals surface area contributed by atoms with E-state index in [1.165, 1.54) is 11.3 Å². The Kier molecular flexibility index (Phi) is 4.66. The standard InChI is InChI=1S/C17H19N3O3S2/c1-17(2,11-19-16(21)13-7-5-9-24-13)10-18-15-12-6-3-4-8-14(12)25(22,23)20-15/h3-9H,10-11H2,1-2H3,(H,18,20)(H,19,21). The van der Waals surface area contributed by atoms with Crippen LogP contribution in [0.1, 0.15) is 29.1 Å². The fraction of sp³-hybridized carbons (Fsp3) is 0.294. The number of fused-ring (bicyclic) bond motifs is 1. The number of hydrogen-bond acceptors (Lipinski definition) is 5. The van der Waals surface area contributed by atoms with Crippen LogP contribution >= 0.6 is 11.3 Å². The van der Waals surface area contributed by atoms with Gasteiger partial charge in [0.05, 0.1) is 9.77 Å². The maximum absolute atomic E-state index is 12.1. The summed E-state index contributed by atoms with van der Waals surface area (Å²) in [7, 11) is -3.53. The van der Waals surface area contributed by atoms with Gasteiger partial charge in [-0.3, -0.25) is 14.5 Å². The summed E-state index contributed by atoms with van der Waals surface area (Å²) >= 11 is 1.39. The number of sulfonamides is 1. The van der Waals surface area contributed by atoms with Gasteiger partial charge in [-0.2, -0.15) is 0 Å². The number of amides is 1. The second-order valence-corrected chi connectivity index (χ2v) is 9.19. The van der Waals surface area contributed by atoms with Gasteiger partial charge in [0.2, 0.25) is 0 Å². The fourth-order valence-corrected chi connectivity index (χ4v) is 4.31. The summed E-state index contributed by atoms with van der Waals surface area (Å²) in [4.78, 5) is 17.4. The third-order valence-electron chi connectivity index (χ3n) is 3.80. The Labute approximate surface area is 151 Å². The minimum absolute atomic E-state index is 0.109. The molecule has 1 aliphatic rings. The van der Waals surface area contributed by atoms with Crippen molar-refractivity contribution in [2.45, 2.75) is 18.7 Å². The second-order valence-electron chi connectivity index (χ2n) is 6.59. The zero-order valence-electron chi connectivity index (χ0n) is 13.9. The van der Waals surface area contributed by atoms with Crippen LogP contribution in [0.2, 0.25) is 0 Å². The molecule has 0 spiro atoms. The predicted octanol–water partition coefficient (Wildman–Crippen LogP) is 2.24. The lowest BCUT2D eigenvalue weighted by atomic mass is 9.93. The Balaban J connectivity index is 1.68. The zero-order valence-corrected chi connectivity index (χ0v) is 15.6. The van der Waals surface area contributed by atoms with Crippen LogP contribution in [0.15, 0.2) is 51.7 Å². The first-order chi connectivity index (χ1) is 11.8. The number of carbonyl (C=O) groups excluding carboxylic acids is 1. The van der Waals surface area contributed by atoms with E-state index < -0.39 is 10.0 Å². The molecule has 0 atom stereocenters. The minimum atomic E-state index is -3.53. The lowest BCUT2D eigenvalue weighted by Gasteiger charge is -2.22. The SMILES string of the molecule is CC(C)(CN=C1NS(=O)(=O)c2ccccc21)CNC(=O)c1cccs1. The van der Waals surface area contributed by atoms with Crippen molar-refractivity contribution in [2.75, 3.05) is 13.1 Å². The van der Waals surface area contributed by atoms with Gasteiger partial charge >= 0.3 is 0 Å². The molecule has 0 bridgehead atoms. The maximum atomic E-state index is 12.1. The normalized spacial score (nSPS) is 17.1. The molecule has 2 aromatic rings. The van der Waals surface area contributed by atoms with Crippen molar-refractivity contribution in [3.8, 4) is 0 Å². The van der Waals surface area contributed by atoms with Gasteiger partial charge in [0.25, 0.3) is 15.9 Å². The van der Waals surface area contributed by atoms with Gasteiger partial charge in [-0.15, -0.1) is 11.3 Å². The molecule has 0 saturated heterocycles. The lowest BCUT2D eigenvalue weighted by molar-refractivity contribution is 0.0942. The highest BCUT2D eigenvalue weighted by Gasteiger charge is 2.30. The molecule has 0 aliphatic carbocycles. The largest absolute Gasteiger partial charge is 0.351 e. The number of hydrogen-bond donors (Lipinski definition) is 2. The summed E-state index contributed by atoms with van der Waals surface area (Å²) in [5.74, 6) is 0.246. The van der Waals surface area contributed by atoms with E-state index in [9.17, 15) is 13.2 Å². The summed E-state index contributed by atoms with van der Waals surface area (Å²) in [6, 6.07) is 10.4. The quantitative estimate of drug-likeness (QED) is 0.838. The van der Waals surface area contributed by atoms with Crippen LogP contribution in [-0.2, 0) is 10.0 Å². The van der Waals surface area contributed by atoms with Crippen LogP contribution in [-0.4, -0.2) is 33.3 Å². The average Bonchev–Trinajstić information content (AvgIpc) is 3.19. The smallest absolute Gasteiger partial charge is 0.263 e. The molecule has 2 heterocycles. The highest BCUT2D eigenvalue weighted by molar-refractivity contribution is 7.90. The molecule has 3 rings (SSSR count). The number of aliphatic imine (C=N–C) groups is 1. The molecule has 25 heavy (non-hydrogen) atoms.